The number of anilines is 2. The van der Waals surface area contributed by atoms with E-state index in [-0.39, 0.29) is 36.3 Å². The van der Waals surface area contributed by atoms with Crippen LogP contribution in [0.4, 0.5) is 16.2 Å². The molecule has 2 aliphatic rings. The molecule has 9 nitrogen and oxygen atoms in total. The Morgan fingerprint density at radius 1 is 0.941 bits per heavy atom. The van der Waals surface area contributed by atoms with Crippen molar-refractivity contribution in [2.45, 2.75) is 39.3 Å². The van der Waals surface area contributed by atoms with E-state index in [1.165, 1.54) is 18.7 Å². The fourth-order valence-corrected chi connectivity index (χ4v) is 4.80. The second kappa shape index (κ2) is 9.17. The lowest BCUT2D eigenvalue weighted by Gasteiger charge is -2.39. The molecule has 2 aromatic carbocycles. The summed E-state index contributed by atoms with van der Waals surface area (Å²) in [5.41, 5.74) is 3.18. The summed E-state index contributed by atoms with van der Waals surface area (Å²) in [7, 11) is 0. The van der Waals surface area contributed by atoms with Gasteiger partial charge in [-0.25, -0.2) is 4.79 Å². The van der Waals surface area contributed by atoms with Crippen molar-refractivity contribution in [3.63, 3.8) is 0 Å². The van der Waals surface area contributed by atoms with Gasteiger partial charge in [-0.1, -0.05) is 18.2 Å². The quantitative estimate of drug-likeness (QED) is 0.726. The van der Waals surface area contributed by atoms with Gasteiger partial charge >= 0.3 is 6.09 Å². The fourth-order valence-electron chi connectivity index (χ4n) is 4.80. The number of benzene rings is 2. The van der Waals surface area contributed by atoms with Crippen LogP contribution in [0.5, 0.6) is 0 Å². The van der Waals surface area contributed by atoms with Gasteiger partial charge in [0.25, 0.3) is 5.91 Å². The molecule has 2 aromatic rings. The Morgan fingerprint density at radius 3 is 2.24 bits per heavy atom. The van der Waals surface area contributed by atoms with Crippen LogP contribution in [0.1, 0.15) is 37.6 Å². The monoisotopic (exact) mass is 464 g/mol. The van der Waals surface area contributed by atoms with Crippen molar-refractivity contribution in [2.75, 3.05) is 29.4 Å². The van der Waals surface area contributed by atoms with Crippen molar-refractivity contribution < 1.29 is 24.3 Å². The fraction of sp³-hybridized carbons (Fsp3) is 0.360. The number of hydrogen-bond acceptors (Lipinski definition) is 4. The third-order valence-electron chi connectivity index (χ3n) is 6.33. The predicted molar refractivity (Wildman–Crippen MR) is 128 cm³/mol. The molecule has 2 N–H and O–H groups in total. The van der Waals surface area contributed by atoms with Crippen LogP contribution in [0.2, 0.25) is 0 Å². The van der Waals surface area contributed by atoms with Gasteiger partial charge in [-0.3, -0.25) is 19.3 Å². The summed E-state index contributed by atoms with van der Waals surface area (Å²) in [4.78, 5) is 52.8. The number of carboxylic acid groups (broad SMARTS) is 1. The van der Waals surface area contributed by atoms with E-state index in [2.05, 4.69) is 5.32 Å². The van der Waals surface area contributed by atoms with E-state index in [0.717, 1.165) is 17.5 Å². The van der Waals surface area contributed by atoms with E-state index in [4.69, 9.17) is 0 Å². The van der Waals surface area contributed by atoms with Crippen LogP contribution in [0.3, 0.4) is 0 Å². The highest BCUT2D eigenvalue weighted by atomic mass is 16.4. The molecule has 0 radical (unpaired) electrons. The SMILES string of the molecule is CC(=O)N[C@@H]1CCN(C(=O)c2ccc(-c3ccc4c(c3)N(C(=O)O)C[C@H](C)N4C(C)=O)cc2)C1. The summed E-state index contributed by atoms with van der Waals surface area (Å²) in [5, 5.41) is 12.6. The number of hydrogen-bond donors (Lipinski definition) is 2. The molecule has 0 spiro atoms. The van der Waals surface area contributed by atoms with Crippen molar-refractivity contribution in [1.29, 1.82) is 0 Å². The Hall–Kier alpha value is -3.88. The molecule has 1 saturated heterocycles. The van der Waals surface area contributed by atoms with Crippen molar-refractivity contribution in [2.24, 2.45) is 0 Å². The molecular weight excluding hydrogens is 436 g/mol. The molecule has 0 unspecified atom stereocenters. The maximum Gasteiger partial charge on any atom is 0.411 e. The zero-order valence-electron chi connectivity index (χ0n) is 19.4. The minimum Gasteiger partial charge on any atom is -0.465 e. The number of likely N-dealkylation sites (tertiary alicyclic amines) is 1. The van der Waals surface area contributed by atoms with Crippen LogP contribution in [-0.2, 0) is 9.59 Å². The van der Waals surface area contributed by atoms with Gasteiger partial charge in [-0.05, 0) is 48.7 Å². The number of fused-ring (bicyclic) bond motifs is 1. The van der Waals surface area contributed by atoms with Crippen molar-refractivity contribution in [3.8, 4) is 11.1 Å². The molecule has 4 amide bonds. The Morgan fingerprint density at radius 2 is 1.62 bits per heavy atom. The summed E-state index contributed by atoms with van der Waals surface area (Å²) in [5.74, 6) is -0.332. The van der Waals surface area contributed by atoms with Gasteiger partial charge in [-0.2, -0.15) is 0 Å². The molecule has 9 heteroatoms. The normalized spacial score (nSPS) is 19.6. The first-order valence-corrected chi connectivity index (χ1v) is 11.3. The molecule has 2 atom stereocenters. The molecule has 2 aliphatic heterocycles. The largest absolute Gasteiger partial charge is 0.465 e. The molecule has 34 heavy (non-hydrogen) atoms. The Labute approximate surface area is 197 Å². The van der Waals surface area contributed by atoms with Crippen LogP contribution in [-0.4, -0.2) is 65.5 Å². The predicted octanol–water partition coefficient (Wildman–Crippen LogP) is 2.94. The average molecular weight is 465 g/mol. The van der Waals surface area contributed by atoms with Gasteiger partial charge in [-0.15, -0.1) is 0 Å². The van der Waals surface area contributed by atoms with Crippen LogP contribution >= 0.6 is 0 Å². The van der Waals surface area contributed by atoms with Crippen molar-refractivity contribution in [3.05, 3.63) is 48.0 Å². The maximum atomic E-state index is 12.9. The van der Waals surface area contributed by atoms with Gasteiger partial charge in [0.2, 0.25) is 11.8 Å². The van der Waals surface area contributed by atoms with E-state index in [1.54, 1.807) is 34.1 Å². The van der Waals surface area contributed by atoms with E-state index in [9.17, 15) is 24.3 Å². The van der Waals surface area contributed by atoms with Crippen LogP contribution in [0.25, 0.3) is 11.1 Å². The number of carbonyl (C=O) groups is 4. The topological polar surface area (TPSA) is 110 Å². The molecule has 0 bridgehead atoms. The first-order valence-electron chi connectivity index (χ1n) is 11.3. The highest BCUT2D eigenvalue weighted by Crippen LogP contribution is 2.39. The number of carbonyl (C=O) groups excluding carboxylic acids is 3. The third kappa shape index (κ3) is 4.46. The number of rotatable bonds is 3. The Bertz CT molecular complexity index is 1150. The van der Waals surface area contributed by atoms with Gasteiger partial charge in [0.1, 0.15) is 0 Å². The zero-order valence-corrected chi connectivity index (χ0v) is 19.4. The van der Waals surface area contributed by atoms with Crippen molar-refractivity contribution in [1.82, 2.24) is 10.2 Å². The number of amides is 4. The Balaban J connectivity index is 1.57. The minimum atomic E-state index is -1.07. The van der Waals surface area contributed by atoms with E-state index in [1.807, 2.05) is 25.1 Å². The summed E-state index contributed by atoms with van der Waals surface area (Å²) in [6.45, 7) is 6.03. The van der Waals surface area contributed by atoms with Gasteiger partial charge < -0.3 is 20.2 Å². The minimum absolute atomic E-state index is 0.0225. The maximum absolute atomic E-state index is 12.9. The summed E-state index contributed by atoms with van der Waals surface area (Å²) in [6.07, 6.45) is -0.341. The van der Waals surface area contributed by atoms with E-state index in [0.29, 0.717) is 30.0 Å². The molecule has 1 fully saturated rings. The average Bonchev–Trinajstić information content (AvgIpc) is 3.25. The van der Waals surface area contributed by atoms with Gasteiger partial charge in [0.15, 0.2) is 0 Å². The lowest BCUT2D eigenvalue weighted by molar-refractivity contribution is -0.119. The van der Waals surface area contributed by atoms with E-state index >= 15 is 0 Å². The lowest BCUT2D eigenvalue weighted by atomic mass is 9.99. The smallest absolute Gasteiger partial charge is 0.411 e. The lowest BCUT2D eigenvalue weighted by Crippen LogP contribution is -2.51. The number of nitrogens with zero attached hydrogens (tertiary/aromatic N) is 3. The highest BCUT2D eigenvalue weighted by molar-refractivity contribution is 6.03. The van der Waals surface area contributed by atoms with Gasteiger partial charge in [0.05, 0.1) is 17.4 Å². The van der Waals surface area contributed by atoms with Crippen LogP contribution in [0, 0.1) is 0 Å². The second-order valence-corrected chi connectivity index (χ2v) is 8.85. The molecule has 178 valence electrons. The first kappa shape index (κ1) is 23.3. The van der Waals surface area contributed by atoms with E-state index < -0.39 is 6.09 Å². The molecular formula is C25H28N4O5. The zero-order chi connectivity index (χ0) is 24.6. The molecule has 0 aromatic heterocycles. The summed E-state index contributed by atoms with van der Waals surface area (Å²) in [6, 6.07) is 12.2. The molecule has 0 aliphatic carbocycles. The van der Waals surface area contributed by atoms with Crippen LogP contribution in [0.15, 0.2) is 42.5 Å². The second-order valence-electron chi connectivity index (χ2n) is 8.85. The standard InChI is InChI=1S/C25H28N4O5/c1-15-13-28(25(33)34)23-12-20(8-9-22(23)29(15)17(3)31)18-4-6-19(7-5-18)24(32)27-11-10-21(14-27)26-16(2)30/h4-9,12,15,21H,10-11,13-14H2,1-3H3,(H,26,30)(H,33,34)/t15-,21+/m0/s1. The highest BCUT2D eigenvalue weighted by Gasteiger charge is 2.34. The number of nitrogens with one attached hydrogen (secondary N) is 1. The van der Waals surface area contributed by atoms with Crippen LogP contribution < -0.4 is 15.1 Å². The first-order chi connectivity index (χ1) is 16.2. The van der Waals surface area contributed by atoms with Crippen molar-refractivity contribution >= 4 is 35.2 Å². The molecule has 2 heterocycles. The third-order valence-corrected chi connectivity index (χ3v) is 6.33. The molecule has 4 rings (SSSR count). The summed E-state index contributed by atoms with van der Waals surface area (Å²) >= 11 is 0. The van der Waals surface area contributed by atoms with Gasteiger partial charge in [0, 0.05) is 45.1 Å². The summed E-state index contributed by atoms with van der Waals surface area (Å²) < 4.78 is 0. The molecule has 0 saturated carbocycles. The Kier molecular flexibility index (Phi) is 6.28.